The standard InChI is InChI=1S/C19H13Br2NO5/c1-22-15(8-5-11(21)17(24)13(6-8)26-2)14-16(23)10-7-9(20)3-4-12(10)27-18(14)19(22)25/h3-7,15,24H,1-2H3. The molecule has 1 amide bonds. The van der Waals surface area contributed by atoms with Crippen LogP contribution in [0, 0.1) is 0 Å². The Bertz CT molecular complexity index is 1170. The van der Waals surface area contributed by atoms with E-state index in [0.29, 0.717) is 21.0 Å². The molecule has 1 N–H and O–H groups in total. The molecule has 0 radical (unpaired) electrons. The molecular formula is C19H13Br2NO5. The van der Waals surface area contributed by atoms with Gasteiger partial charge in [0, 0.05) is 11.5 Å². The van der Waals surface area contributed by atoms with Crippen LogP contribution in [0.25, 0.3) is 11.0 Å². The largest absolute Gasteiger partial charge is 0.503 e. The van der Waals surface area contributed by atoms with Crippen LogP contribution in [0.4, 0.5) is 0 Å². The summed E-state index contributed by atoms with van der Waals surface area (Å²) in [6.07, 6.45) is 0. The van der Waals surface area contributed by atoms with E-state index in [4.69, 9.17) is 9.15 Å². The topological polar surface area (TPSA) is 80.0 Å². The number of amides is 1. The smallest absolute Gasteiger partial charge is 0.290 e. The van der Waals surface area contributed by atoms with Crippen LogP contribution >= 0.6 is 31.9 Å². The second-order valence-corrected chi connectivity index (χ2v) is 7.96. The summed E-state index contributed by atoms with van der Waals surface area (Å²) in [5.41, 5.74) is 0.979. The van der Waals surface area contributed by atoms with Crippen molar-refractivity contribution in [2.24, 2.45) is 0 Å². The van der Waals surface area contributed by atoms with Gasteiger partial charge in [0.05, 0.1) is 28.6 Å². The maximum atomic E-state index is 13.2. The Morgan fingerprint density at radius 3 is 2.63 bits per heavy atom. The van der Waals surface area contributed by atoms with Gasteiger partial charge in [-0.1, -0.05) is 15.9 Å². The van der Waals surface area contributed by atoms with E-state index in [1.165, 1.54) is 12.0 Å². The van der Waals surface area contributed by atoms with E-state index in [0.717, 1.165) is 4.47 Å². The zero-order chi connectivity index (χ0) is 19.5. The van der Waals surface area contributed by atoms with Gasteiger partial charge in [0.25, 0.3) is 5.91 Å². The Hall–Kier alpha value is -2.32. The third-order valence-corrected chi connectivity index (χ3v) is 5.75. The second kappa shape index (κ2) is 6.38. The summed E-state index contributed by atoms with van der Waals surface area (Å²) < 4.78 is 12.1. The molecule has 27 heavy (non-hydrogen) atoms. The van der Waals surface area contributed by atoms with Gasteiger partial charge in [0.15, 0.2) is 16.9 Å². The van der Waals surface area contributed by atoms with E-state index in [1.54, 1.807) is 37.4 Å². The highest BCUT2D eigenvalue weighted by atomic mass is 79.9. The molecule has 4 rings (SSSR count). The number of aromatic hydroxyl groups is 1. The van der Waals surface area contributed by atoms with Gasteiger partial charge in [-0.2, -0.15) is 0 Å². The molecule has 1 aliphatic heterocycles. The number of ether oxygens (including phenoxy) is 1. The summed E-state index contributed by atoms with van der Waals surface area (Å²) in [4.78, 5) is 27.4. The average molecular weight is 495 g/mol. The fourth-order valence-corrected chi connectivity index (χ4v) is 4.18. The van der Waals surface area contributed by atoms with Crippen LogP contribution in [-0.2, 0) is 0 Å². The minimum Gasteiger partial charge on any atom is -0.503 e. The number of rotatable bonds is 2. The van der Waals surface area contributed by atoms with Crippen LogP contribution in [0.1, 0.15) is 27.7 Å². The molecule has 1 unspecified atom stereocenters. The van der Waals surface area contributed by atoms with E-state index >= 15 is 0 Å². The molecule has 6 nitrogen and oxygen atoms in total. The van der Waals surface area contributed by atoms with Crippen LogP contribution < -0.4 is 10.2 Å². The van der Waals surface area contributed by atoms with Crippen LogP contribution in [0.15, 0.2) is 48.5 Å². The van der Waals surface area contributed by atoms with Gasteiger partial charge in [0.1, 0.15) is 5.58 Å². The van der Waals surface area contributed by atoms with Crippen LogP contribution in [0.5, 0.6) is 11.5 Å². The van der Waals surface area contributed by atoms with E-state index < -0.39 is 6.04 Å². The summed E-state index contributed by atoms with van der Waals surface area (Å²) in [6.45, 7) is 0. The number of phenolic OH excluding ortho intramolecular Hbond substituents is 1. The monoisotopic (exact) mass is 493 g/mol. The maximum Gasteiger partial charge on any atom is 0.290 e. The lowest BCUT2D eigenvalue weighted by atomic mass is 9.98. The van der Waals surface area contributed by atoms with Crippen molar-refractivity contribution in [3.63, 3.8) is 0 Å². The third-order valence-electron chi connectivity index (χ3n) is 4.65. The summed E-state index contributed by atoms with van der Waals surface area (Å²) >= 11 is 6.65. The zero-order valence-electron chi connectivity index (χ0n) is 14.2. The molecule has 0 aliphatic carbocycles. The van der Waals surface area contributed by atoms with Crippen LogP contribution in [0.2, 0.25) is 0 Å². The quantitative estimate of drug-likeness (QED) is 0.577. The van der Waals surface area contributed by atoms with E-state index in [2.05, 4.69) is 31.9 Å². The summed E-state index contributed by atoms with van der Waals surface area (Å²) in [6, 6.07) is 7.69. The first-order valence-corrected chi connectivity index (χ1v) is 9.52. The first-order valence-electron chi connectivity index (χ1n) is 7.93. The lowest BCUT2D eigenvalue weighted by Crippen LogP contribution is -2.25. The van der Waals surface area contributed by atoms with Crippen molar-refractivity contribution in [3.05, 3.63) is 66.4 Å². The van der Waals surface area contributed by atoms with Gasteiger partial charge in [-0.05, 0) is 51.8 Å². The predicted octanol–water partition coefficient (Wildman–Crippen LogP) is 4.21. The van der Waals surface area contributed by atoms with Crippen molar-refractivity contribution in [3.8, 4) is 11.5 Å². The van der Waals surface area contributed by atoms with Gasteiger partial charge < -0.3 is 19.2 Å². The van der Waals surface area contributed by atoms with Crippen molar-refractivity contribution in [1.29, 1.82) is 0 Å². The third kappa shape index (κ3) is 2.66. The van der Waals surface area contributed by atoms with E-state index in [9.17, 15) is 14.7 Å². The van der Waals surface area contributed by atoms with Gasteiger partial charge in [-0.25, -0.2) is 0 Å². The van der Waals surface area contributed by atoms with Crippen LogP contribution in [-0.4, -0.2) is 30.1 Å². The molecule has 2 aromatic carbocycles. The van der Waals surface area contributed by atoms with Crippen molar-refractivity contribution in [2.75, 3.05) is 14.2 Å². The highest BCUT2D eigenvalue weighted by Crippen LogP contribution is 2.42. The Morgan fingerprint density at radius 1 is 1.19 bits per heavy atom. The Morgan fingerprint density at radius 2 is 1.93 bits per heavy atom. The molecule has 0 fully saturated rings. The molecule has 0 bridgehead atoms. The van der Waals surface area contributed by atoms with Crippen molar-refractivity contribution < 1.29 is 19.1 Å². The van der Waals surface area contributed by atoms with Gasteiger partial charge in [-0.15, -0.1) is 0 Å². The highest BCUT2D eigenvalue weighted by molar-refractivity contribution is 9.10. The molecule has 2 heterocycles. The number of hydrogen-bond acceptors (Lipinski definition) is 5. The molecule has 0 saturated heterocycles. The number of carbonyl (C=O) groups excluding carboxylic acids is 1. The predicted molar refractivity (Wildman–Crippen MR) is 106 cm³/mol. The lowest BCUT2D eigenvalue weighted by molar-refractivity contribution is 0.0771. The normalized spacial score (nSPS) is 16.1. The Balaban J connectivity index is 2.02. The zero-order valence-corrected chi connectivity index (χ0v) is 17.4. The number of carbonyl (C=O) groups is 1. The number of hydrogen-bond donors (Lipinski definition) is 1. The minimum absolute atomic E-state index is 0.0329. The van der Waals surface area contributed by atoms with E-state index in [-0.39, 0.29) is 34.2 Å². The SMILES string of the molecule is COc1cc(C2c3c(oc4ccc(Br)cc4c3=O)C(=O)N2C)cc(Br)c1O. The van der Waals surface area contributed by atoms with Gasteiger partial charge in [-0.3, -0.25) is 9.59 Å². The molecule has 0 saturated carbocycles. The Kier molecular flexibility index (Phi) is 4.27. The van der Waals surface area contributed by atoms with Crippen molar-refractivity contribution in [2.45, 2.75) is 6.04 Å². The molecular weight excluding hydrogens is 482 g/mol. The molecule has 138 valence electrons. The summed E-state index contributed by atoms with van der Waals surface area (Å²) in [7, 11) is 3.04. The maximum absolute atomic E-state index is 13.2. The average Bonchev–Trinajstić information content (AvgIpc) is 2.90. The number of benzene rings is 2. The molecule has 1 aromatic heterocycles. The number of phenols is 1. The molecule has 0 spiro atoms. The molecule has 1 aliphatic rings. The fourth-order valence-electron chi connectivity index (χ4n) is 3.36. The summed E-state index contributed by atoms with van der Waals surface area (Å²) in [5.74, 6) is -0.157. The minimum atomic E-state index is -0.655. The fraction of sp³-hybridized carbons (Fsp3) is 0.158. The Labute approximate surface area is 170 Å². The number of nitrogens with zero attached hydrogens (tertiary/aromatic N) is 1. The number of halogens is 2. The van der Waals surface area contributed by atoms with Crippen molar-refractivity contribution in [1.82, 2.24) is 4.90 Å². The highest BCUT2D eigenvalue weighted by Gasteiger charge is 2.41. The summed E-state index contributed by atoms with van der Waals surface area (Å²) in [5, 5.41) is 10.5. The molecule has 3 aromatic rings. The first-order chi connectivity index (χ1) is 12.8. The number of methoxy groups -OCH3 is 1. The van der Waals surface area contributed by atoms with Crippen molar-refractivity contribution >= 4 is 48.7 Å². The van der Waals surface area contributed by atoms with E-state index in [1.807, 2.05) is 0 Å². The molecule has 1 atom stereocenters. The van der Waals surface area contributed by atoms with Crippen LogP contribution in [0.3, 0.4) is 0 Å². The molecule has 8 heteroatoms. The number of fused-ring (bicyclic) bond motifs is 2. The lowest BCUT2D eigenvalue weighted by Gasteiger charge is -2.21. The first kappa shape index (κ1) is 18.1. The van der Waals surface area contributed by atoms with Gasteiger partial charge >= 0.3 is 0 Å². The van der Waals surface area contributed by atoms with Gasteiger partial charge in [0.2, 0.25) is 5.76 Å². The second-order valence-electron chi connectivity index (χ2n) is 6.19.